The Morgan fingerprint density at radius 1 is 1.56 bits per heavy atom. The van der Waals surface area contributed by atoms with Gasteiger partial charge in [0.2, 0.25) is 0 Å². The third kappa shape index (κ3) is 2.48. The minimum Gasteiger partial charge on any atom is -0.497 e. The monoisotopic (exact) mass is 250 g/mol. The Morgan fingerprint density at radius 2 is 2.33 bits per heavy atom. The lowest BCUT2D eigenvalue weighted by atomic mass is 10.2. The standard InChI is InChI=1S/C12H11FN2O3/c1-18-10-3-2-8(11(13)4-10)6-15-7-9(5-14-15)12(16)17/h2-5,7H,6H2,1H3,(H,16,17). The molecule has 0 aliphatic rings. The Kier molecular flexibility index (Phi) is 3.27. The molecule has 0 bridgehead atoms. The Hall–Kier alpha value is -2.37. The number of aromatic nitrogens is 2. The highest BCUT2D eigenvalue weighted by Crippen LogP contribution is 2.17. The van der Waals surface area contributed by atoms with Crippen molar-refractivity contribution in [2.24, 2.45) is 0 Å². The van der Waals surface area contributed by atoms with E-state index in [4.69, 9.17) is 9.84 Å². The molecule has 5 nitrogen and oxygen atoms in total. The molecule has 1 N–H and O–H groups in total. The molecule has 0 amide bonds. The number of ether oxygens (including phenoxy) is 1. The molecule has 0 atom stereocenters. The van der Waals surface area contributed by atoms with Gasteiger partial charge in [0.15, 0.2) is 0 Å². The van der Waals surface area contributed by atoms with Crippen LogP contribution in [0.15, 0.2) is 30.6 Å². The minimum absolute atomic E-state index is 0.0731. The molecule has 0 spiro atoms. The van der Waals surface area contributed by atoms with Gasteiger partial charge in [-0.15, -0.1) is 0 Å². The van der Waals surface area contributed by atoms with Crippen LogP contribution in [0.1, 0.15) is 15.9 Å². The highest BCUT2D eigenvalue weighted by molar-refractivity contribution is 5.86. The lowest BCUT2D eigenvalue weighted by Crippen LogP contribution is -2.03. The number of carbonyl (C=O) groups is 1. The zero-order valence-electron chi connectivity index (χ0n) is 9.63. The van der Waals surface area contributed by atoms with Gasteiger partial charge in [0.25, 0.3) is 0 Å². The average molecular weight is 250 g/mol. The average Bonchev–Trinajstić information content (AvgIpc) is 2.80. The molecule has 1 aromatic carbocycles. The predicted octanol–water partition coefficient (Wildman–Crippen LogP) is 1.78. The van der Waals surface area contributed by atoms with Crippen molar-refractivity contribution >= 4 is 5.97 Å². The predicted molar refractivity (Wildman–Crippen MR) is 61.2 cm³/mol. The van der Waals surface area contributed by atoms with Gasteiger partial charge < -0.3 is 9.84 Å². The van der Waals surface area contributed by atoms with Crippen molar-refractivity contribution in [2.45, 2.75) is 6.54 Å². The zero-order chi connectivity index (χ0) is 13.1. The van der Waals surface area contributed by atoms with Crippen LogP contribution in [0, 0.1) is 5.82 Å². The molecule has 0 radical (unpaired) electrons. The first-order valence-corrected chi connectivity index (χ1v) is 5.18. The second-order valence-corrected chi connectivity index (χ2v) is 3.69. The Balaban J connectivity index is 2.20. The zero-order valence-corrected chi connectivity index (χ0v) is 9.63. The molecular weight excluding hydrogens is 239 g/mol. The summed E-state index contributed by atoms with van der Waals surface area (Å²) >= 11 is 0. The Bertz CT molecular complexity index is 580. The van der Waals surface area contributed by atoms with Crippen LogP contribution < -0.4 is 4.74 Å². The number of aromatic carboxylic acids is 1. The van der Waals surface area contributed by atoms with Crippen molar-refractivity contribution < 1.29 is 19.0 Å². The van der Waals surface area contributed by atoms with Gasteiger partial charge >= 0.3 is 5.97 Å². The summed E-state index contributed by atoms with van der Waals surface area (Å²) in [5.74, 6) is -1.04. The maximum Gasteiger partial charge on any atom is 0.338 e. The third-order valence-corrected chi connectivity index (χ3v) is 2.47. The van der Waals surface area contributed by atoms with Crippen molar-refractivity contribution in [2.75, 3.05) is 7.11 Å². The van der Waals surface area contributed by atoms with Crippen LogP contribution in [-0.2, 0) is 6.54 Å². The maximum absolute atomic E-state index is 13.7. The SMILES string of the molecule is COc1ccc(Cn2cc(C(=O)O)cn2)c(F)c1. The third-order valence-electron chi connectivity index (χ3n) is 2.47. The van der Waals surface area contributed by atoms with Crippen LogP contribution in [0.5, 0.6) is 5.75 Å². The summed E-state index contributed by atoms with van der Waals surface area (Å²) in [5, 5.41) is 12.6. The van der Waals surface area contributed by atoms with Crippen molar-refractivity contribution in [3.05, 3.63) is 47.5 Å². The van der Waals surface area contributed by atoms with Crippen LogP contribution in [0.25, 0.3) is 0 Å². The van der Waals surface area contributed by atoms with Gasteiger partial charge in [-0.1, -0.05) is 6.07 Å². The fourth-order valence-corrected chi connectivity index (χ4v) is 1.52. The van der Waals surface area contributed by atoms with Crippen LogP contribution >= 0.6 is 0 Å². The number of halogens is 1. The first-order valence-electron chi connectivity index (χ1n) is 5.18. The summed E-state index contributed by atoms with van der Waals surface area (Å²) in [6.07, 6.45) is 2.58. The van der Waals surface area contributed by atoms with Crippen LogP contribution in [0.3, 0.4) is 0 Å². The van der Waals surface area contributed by atoms with Crippen molar-refractivity contribution in [3.63, 3.8) is 0 Å². The quantitative estimate of drug-likeness (QED) is 0.898. The lowest BCUT2D eigenvalue weighted by Gasteiger charge is -2.05. The Labute approximate surface area is 102 Å². The molecule has 6 heteroatoms. The number of carboxylic acids is 1. The second-order valence-electron chi connectivity index (χ2n) is 3.69. The normalized spacial score (nSPS) is 10.3. The van der Waals surface area contributed by atoms with E-state index in [0.717, 1.165) is 0 Å². The van der Waals surface area contributed by atoms with Gasteiger partial charge in [0.05, 0.1) is 25.4 Å². The van der Waals surface area contributed by atoms with Gasteiger partial charge in [-0.05, 0) is 6.07 Å². The van der Waals surface area contributed by atoms with Crippen molar-refractivity contribution in [3.8, 4) is 5.75 Å². The van der Waals surface area contributed by atoms with Gasteiger partial charge in [0.1, 0.15) is 11.6 Å². The molecule has 0 unspecified atom stereocenters. The second kappa shape index (κ2) is 4.87. The van der Waals surface area contributed by atoms with Crippen molar-refractivity contribution in [1.29, 1.82) is 0 Å². The fraction of sp³-hybridized carbons (Fsp3) is 0.167. The highest BCUT2D eigenvalue weighted by atomic mass is 19.1. The van der Waals surface area contributed by atoms with Gasteiger partial charge in [-0.25, -0.2) is 9.18 Å². The summed E-state index contributed by atoms with van der Waals surface area (Å²) in [6.45, 7) is 0.170. The van der Waals surface area contributed by atoms with Crippen LogP contribution in [0.2, 0.25) is 0 Å². The number of hydrogen-bond acceptors (Lipinski definition) is 3. The van der Waals surface area contributed by atoms with E-state index in [0.29, 0.717) is 11.3 Å². The highest BCUT2D eigenvalue weighted by Gasteiger charge is 2.09. The van der Waals surface area contributed by atoms with E-state index in [9.17, 15) is 9.18 Å². The smallest absolute Gasteiger partial charge is 0.338 e. The number of nitrogens with zero attached hydrogens (tertiary/aromatic N) is 2. The van der Waals surface area contributed by atoms with Crippen molar-refractivity contribution in [1.82, 2.24) is 9.78 Å². The molecule has 0 fully saturated rings. The number of methoxy groups -OCH3 is 1. The fourth-order valence-electron chi connectivity index (χ4n) is 1.52. The van der Waals surface area contributed by atoms with E-state index < -0.39 is 11.8 Å². The van der Waals surface area contributed by atoms with E-state index in [1.165, 1.54) is 30.3 Å². The molecule has 0 saturated carbocycles. The molecule has 0 aliphatic heterocycles. The van der Waals surface area contributed by atoms with E-state index in [2.05, 4.69) is 5.10 Å². The molecule has 0 aliphatic carbocycles. The molecular formula is C12H11FN2O3. The van der Waals surface area contributed by atoms with Gasteiger partial charge in [-0.3, -0.25) is 4.68 Å². The maximum atomic E-state index is 13.7. The molecule has 1 heterocycles. The molecule has 2 aromatic rings. The molecule has 2 rings (SSSR count). The Morgan fingerprint density at radius 3 is 2.89 bits per heavy atom. The summed E-state index contributed by atoms with van der Waals surface area (Å²) in [4.78, 5) is 10.7. The summed E-state index contributed by atoms with van der Waals surface area (Å²) in [6, 6.07) is 4.49. The summed E-state index contributed by atoms with van der Waals surface area (Å²) < 4.78 is 19.9. The first kappa shape index (κ1) is 12.1. The number of benzene rings is 1. The van der Waals surface area contributed by atoms with E-state index in [1.807, 2.05) is 0 Å². The van der Waals surface area contributed by atoms with Gasteiger partial charge in [-0.2, -0.15) is 5.10 Å². The number of rotatable bonds is 4. The van der Waals surface area contributed by atoms with E-state index in [-0.39, 0.29) is 12.1 Å². The van der Waals surface area contributed by atoms with E-state index >= 15 is 0 Å². The molecule has 94 valence electrons. The molecule has 1 aromatic heterocycles. The summed E-state index contributed by atoms with van der Waals surface area (Å²) in [7, 11) is 1.46. The van der Waals surface area contributed by atoms with Gasteiger partial charge in [0, 0.05) is 17.8 Å². The molecule has 18 heavy (non-hydrogen) atoms. The largest absolute Gasteiger partial charge is 0.497 e. The van der Waals surface area contributed by atoms with Crippen LogP contribution in [-0.4, -0.2) is 28.0 Å². The number of carboxylic acid groups (broad SMARTS) is 1. The lowest BCUT2D eigenvalue weighted by molar-refractivity contribution is 0.0697. The van der Waals surface area contributed by atoms with Crippen LogP contribution in [0.4, 0.5) is 4.39 Å². The van der Waals surface area contributed by atoms with E-state index in [1.54, 1.807) is 12.1 Å². The topological polar surface area (TPSA) is 64.3 Å². The summed E-state index contributed by atoms with van der Waals surface area (Å²) in [5.41, 5.74) is 0.486. The minimum atomic E-state index is -1.06. The number of hydrogen-bond donors (Lipinski definition) is 1. The first-order chi connectivity index (χ1) is 8.60. The molecule has 0 saturated heterocycles.